The lowest BCUT2D eigenvalue weighted by Crippen LogP contribution is -2.44. The van der Waals surface area contributed by atoms with Gasteiger partial charge >= 0.3 is 0 Å². The minimum absolute atomic E-state index is 0.112. The molecule has 18 heavy (non-hydrogen) atoms. The third-order valence-electron chi connectivity index (χ3n) is 3.77. The molecule has 0 aliphatic heterocycles. The first-order valence-corrected chi connectivity index (χ1v) is 7.58. The van der Waals surface area contributed by atoms with E-state index < -0.39 is 0 Å². The maximum absolute atomic E-state index is 9.92. The van der Waals surface area contributed by atoms with Crippen LogP contribution in [0.15, 0.2) is 0 Å². The molecule has 0 bridgehead atoms. The van der Waals surface area contributed by atoms with E-state index in [9.17, 15) is 5.11 Å². The second-order valence-corrected chi connectivity index (χ2v) is 6.26. The minimum Gasteiger partial charge on any atom is -0.389 e. The fourth-order valence-electron chi connectivity index (χ4n) is 2.65. The Labute approximate surface area is 112 Å². The van der Waals surface area contributed by atoms with Gasteiger partial charge in [-0.3, -0.25) is 0 Å². The summed E-state index contributed by atoms with van der Waals surface area (Å²) in [6.45, 7) is 7.65. The van der Waals surface area contributed by atoms with Crippen molar-refractivity contribution in [1.29, 1.82) is 0 Å². The number of β-amino-alcohol motifs (C(OH)–C–C–N with tert-alkyl or cyclic N) is 1. The molecule has 3 nitrogen and oxygen atoms in total. The van der Waals surface area contributed by atoms with Crippen LogP contribution in [-0.4, -0.2) is 36.0 Å². The van der Waals surface area contributed by atoms with Crippen LogP contribution in [0.25, 0.3) is 0 Å². The van der Waals surface area contributed by atoms with E-state index in [1.165, 1.54) is 32.1 Å². The lowest BCUT2D eigenvalue weighted by atomic mass is 9.98. The summed E-state index contributed by atoms with van der Waals surface area (Å²) in [6, 6.07) is 0. The van der Waals surface area contributed by atoms with Gasteiger partial charge in [-0.2, -0.15) is 0 Å². The van der Waals surface area contributed by atoms with Crippen LogP contribution in [-0.2, 0) is 4.74 Å². The topological polar surface area (TPSA) is 41.5 Å². The molecule has 0 aromatic heterocycles. The van der Waals surface area contributed by atoms with Gasteiger partial charge < -0.3 is 15.2 Å². The first-order chi connectivity index (χ1) is 8.53. The molecule has 3 heteroatoms. The molecule has 1 aliphatic carbocycles. The minimum atomic E-state index is -0.386. The highest BCUT2D eigenvalue weighted by Gasteiger charge is 2.19. The van der Waals surface area contributed by atoms with E-state index in [4.69, 9.17) is 4.74 Å². The molecule has 1 fully saturated rings. The van der Waals surface area contributed by atoms with Gasteiger partial charge in [0.25, 0.3) is 0 Å². The number of nitrogens with one attached hydrogen (secondary N) is 1. The Hall–Kier alpha value is -0.120. The molecule has 1 rings (SSSR count). The van der Waals surface area contributed by atoms with Crippen molar-refractivity contribution in [2.75, 3.05) is 13.2 Å². The third kappa shape index (κ3) is 6.72. The lowest BCUT2D eigenvalue weighted by molar-refractivity contribution is -0.0246. The summed E-state index contributed by atoms with van der Waals surface area (Å²) in [5.74, 6) is 0. The van der Waals surface area contributed by atoms with Gasteiger partial charge in [0.15, 0.2) is 0 Å². The lowest BCUT2D eigenvalue weighted by Gasteiger charge is -2.28. The predicted octanol–water partition coefficient (Wildman–Crippen LogP) is 2.86. The fourth-order valence-corrected chi connectivity index (χ4v) is 2.65. The Kier molecular flexibility index (Phi) is 7.20. The summed E-state index contributed by atoms with van der Waals surface area (Å²) in [7, 11) is 0. The van der Waals surface area contributed by atoms with Gasteiger partial charge in [-0.25, -0.2) is 0 Å². The van der Waals surface area contributed by atoms with Gasteiger partial charge in [-0.05, 0) is 33.1 Å². The molecule has 0 radical (unpaired) electrons. The van der Waals surface area contributed by atoms with Crippen LogP contribution < -0.4 is 5.32 Å². The van der Waals surface area contributed by atoms with Crippen LogP contribution in [0, 0.1) is 0 Å². The number of ether oxygens (including phenoxy) is 1. The zero-order chi connectivity index (χ0) is 13.4. The number of aliphatic hydroxyl groups excluding tert-OH is 1. The van der Waals surface area contributed by atoms with E-state index in [1.54, 1.807) is 0 Å². The number of rotatable bonds is 8. The number of hydrogen-bond acceptors (Lipinski definition) is 3. The highest BCUT2D eigenvalue weighted by molar-refractivity contribution is 4.78. The summed E-state index contributed by atoms with van der Waals surface area (Å²) in [4.78, 5) is 0. The summed E-state index contributed by atoms with van der Waals surface area (Å²) >= 11 is 0. The second-order valence-electron chi connectivity index (χ2n) is 6.26. The Morgan fingerprint density at radius 3 is 2.56 bits per heavy atom. The molecule has 0 aromatic rings. The van der Waals surface area contributed by atoms with Gasteiger partial charge in [0.05, 0.1) is 18.8 Å². The third-order valence-corrected chi connectivity index (χ3v) is 3.77. The Morgan fingerprint density at radius 1 is 1.28 bits per heavy atom. The summed E-state index contributed by atoms with van der Waals surface area (Å²) in [6.07, 6.45) is 8.53. The van der Waals surface area contributed by atoms with Crippen molar-refractivity contribution in [2.24, 2.45) is 0 Å². The Bertz CT molecular complexity index is 213. The summed E-state index contributed by atoms with van der Waals surface area (Å²) in [5, 5.41) is 13.3. The van der Waals surface area contributed by atoms with Crippen molar-refractivity contribution in [1.82, 2.24) is 5.32 Å². The molecule has 1 saturated carbocycles. The molecular weight excluding hydrogens is 226 g/mol. The van der Waals surface area contributed by atoms with Gasteiger partial charge in [-0.1, -0.05) is 32.6 Å². The van der Waals surface area contributed by atoms with E-state index >= 15 is 0 Å². The molecule has 108 valence electrons. The van der Waals surface area contributed by atoms with Crippen molar-refractivity contribution in [3.8, 4) is 0 Å². The molecular formula is C15H31NO2. The molecule has 0 amide bonds. The van der Waals surface area contributed by atoms with Gasteiger partial charge in [0.1, 0.15) is 0 Å². The average molecular weight is 257 g/mol. The Morgan fingerprint density at radius 2 is 1.94 bits per heavy atom. The monoisotopic (exact) mass is 257 g/mol. The van der Waals surface area contributed by atoms with Crippen LogP contribution in [0.2, 0.25) is 0 Å². The molecule has 0 aromatic carbocycles. The smallest absolute Gasteiger partial charge is 0.0898 e. The normalized spacial score (nSPS) is 20.0. The molecule has 1 unspecified atom stereocenters. The van der Waals surface area contributed by atoms with Crippen LogP contribution in [0.4, 0.5) is 0 Å². The van der Waals surface area contributed by atoms with Crippen molar-refractivity contribution in [3.63, 3.8) is 0 Å². The van der Waals surface area contributed by atoms with Crippen molar-refractivity contribution in [2.45, 2.75) is 83.5 Å². The number of aliphatic hydroxyl groups is 1. The molecule has 0 spiro atoms. The maximum Gasteiger partial charge on any atom is 0.0898 e. The van der Waals surface area contributed by atoms with Crippen molar-refractivity contribution >= 4 is 0 Å². The van der Waals surface area contributed by atoms with Crippen LogP contribution in [0.5, 0.6) is 0 Å². The molecule has 2 N–H and O–H groups in total. The first kappa shape index (κ1) is 15.9. The van der Waals surface area contributed by atoms with E-state index in [1.807, 2.05) is 0 Å². The summed E-state index contributed by atoms with van der Waals surface area (Å²) in [5.41, 5.74) is 0.112. The Balaban J connectivity index is 2.11. The molecule has 1 atom stereocenters. The summed E-state index contributed by atoms with van der Waals surface area (Å²) < 4.78 is 5.78. The van der Waals surface area contributed by atoms with E-state index in [0.29, 0.717) is 19.3 Å². The van der Waals surface area contributed by atoms with Gasteiger partial charge in [-0.15, -0.1) is 0 Å². The fraction of sp³-hybridized carbons (Fsp3) is 1.00. The zero-order valence-corrected chi connectivity index (χ0v) is 12.4. The van der Waals surface area contributed by atoms with Gasteiger partial charge in [0, 0.05) is 12.1 Å². The quantitative estimate of drug-likeness (QED) is 0.702. The maximum atomic E-state index is 9.92. The van der Waals surface area contributed by atoms with E-state index in [-0.39, 0.29) is 11.6 Å². The van der Waals surface area contributed by atoms with Crippen LogP contribution in [0.3, 0.4) is 0 Å². The molecule has 0 heterocycles. The van der Waals surface area contributed by atoms with Gasteiger partial charge in [0.2, 0.25) is 0 Å². The molecule has 0 saturated heterocycles. The largest absolute Gasteiger partial charge is 0.389 e. The second kappa shape index (κ2) is 8.13. The average Bonchev–Trinajstić information content (AvgIpc) is 2.35. The zero-order valence-electron chi connectivity index (χ0n) is 12.4. The standard InChI is InChI=1S/C15H31NO2/c1-4-10-15(2,3)16-11-13(17)12-18-14-8-6-5-7-9-14/h13-14,16-17H,4-12H2,1-3H3. The van der Waals surface area contributed by atoms with Crippen LogP contribution >= 0.6 is 0 Å². The number of hydrogen-bond donors (Lipinski definition) is 2. The van der Waals surface area contributed by atoms with E-state index in [2.05, 4.69) is 26.1 Å². The van der Waals surface area contributed by atoms with Crippen molar-refractivity contribution in [3.05, 3.63) is 0 Å². The highest BCUT2D eigenvalue weighted by atomic mass is 16.5. The van der Waals surface area contributed by atoms with Crippen molar-refractivity contribution < 1.29 is 9.84 Å². The first-order valence-electron chi connectivity index (χ1n) is 7.58. The molecule has 1 aliphatic rings. The van der Waals surface area contributed by atoms with E-state index in [0.717, 1.165) is 12.8 Å². The SMILES string of the molecule is CCCC(C)(C)NCC(O)COC1CCCCC1. The predicted molar refractivity (Wildman–Crippen MR) is 75.8 cm³/mol. The highest BCUT2D eigenvalue weighted by Crippen LogP contribution is 2.20. The van der Waals surface area contributed by atoms with Crippen LogP contribution in [0.1, 0.15) is 65.7 Å².